The fourth-order valence-corrected chi connectivity index (χ4v) is 2.76. The molecule has 0 aromatic heterocycles. The molecule has 2 N–H and O–H groups in total. The fourth-order valence-electron chi connectivity index (χ4n) is 2.76. The molecule has 0 unspecified atom stereocenters. The van der Waals surface area contributed by atoms with Gasteiger partial charge in [0, 0.05) is 12.1 Å². The number of rotatable bonds is 10. The number of nitrogens with zero attached hydrogens (tertiary/aromatic N) is 1. The number of esters is 2. The number of aliphatic hydroxyl groups excluding tert-OH is 2. The number of aliphatic hydroxyl groups is 2. The van der Waals surface area contributed by atoms with Crippen LogP contribution in [0.2, 0.25) is 0 Å². The zero-order valence-corrected chi connectivity index (χ0v) is 16.7. The number of hydrogen-bond donors (Lipinski definition) is 2. The lowest BCUT2D eigenvalue weighted by atomic mass is 9.98. The van der Waals surface area contributed by atoms with Crippen molar-refractivity contribution in [3.05, 3.63) is 34.4 Å². The Hall–Kier alpha value is -2.84. The van der Waals surface area contributed by atoms with E-state index in [1.807, 2.05) is 0 Å². The van der Waals surface area contributed by atoms with Crippen molar-refractivity contribution in [2.45, 2.75) is 30.7 Å². The van der Waals surface area contributed by atoms with Gasteiger partial charge in [-0.1, -0.05) is 0 Å². The van der Waals surface area contributed by atoms with E-state index < -0.39 is 67.4 Å². The molecule has 2 rings (SSSR count). The van der Waals surface area contributed by atoms with Gasteiger partial charge in [0.25, 0.3) is 5.69 Å². The number of carbonyl (C=O) groups excluding carboxylic acids is 2. The highest BCUT2D eigenvalue weighted by Crippen LogP contribution is 2.29. The predicted molar refractivity (Wildman–Crippen MR) is 99.0 cm³/mol. The van der Waals surface area contributed by atoms with Crippen LogP contribution in [0.25, 0.3) is 0 Å². The number of methoxy groups -OCH3 is 2. The largest absolute Gasteiger partial charge is 0.467 e. The highest BCUT2D eigenvalue weighted by molar-refractivity contribution is 5.70. The van der Waals surface area contributed by atoms with Crippen LogP contribution in [0.3, 0.4) is 0 Å². The van der Waals surface area contributed by atoms with Crippen LogP contribution >= 0.6 is 0 Å². The molecule has 5 atom stereocenters. The first-order chi connectivity index (χ1) is 14.8. The van der Waals surface area contributed by atoms with E-state index in [1.54, 1.807) is 0 Å². The van der Waals surface area contributed by atoms with Crippen LogP contribution in [-0.2, 0) is 33.3 Å². The van der Waals surface area contributed by atoms with Crippen LogP contribution in [0.1, 0.15) is 0 Å². The molecule has 1 saturated heterocycles. The molecule has 1 aromatic carbocycles. The summed E-state index contributed by atoms with van der Waals surface area (Å²) in [6.45, 7) is -1.69. The second-order valence-electron chi connectivity index (χ2n) is 6.29. The van der Waals surface area contributed by atoms with E-state index in [4.69, 9.17) is 18.9 Å². The average molecular weight is 445 g/mol. The first kappa shape index (κ1) is 24.4. The molecule has 0 amide bonds. The predicted octanol–water partition coefficient (Wildman–Crippen LogP) is -0.832. The highest BCUT2D eigenvalue weighted by Gasteiger charge is 2.48. The van der Waals surface area contributed by atoms with Crippen LogP contribution in [0.5, 0.6) is 5.75 Å². The molecule has 1 aromatic rings. The monoisotopic (exact) mass is 445 g/mol. The maximum atomic E-state index is 11.5. The third-order valence-electron chi connectivity index (χ3n) is 4.34. The molecule has 1 fully saturated rings. The van der Waals surface area contributed by atoms with E-state index >= 15 is 0 Å². The lowest BCUT2D eigenvalue weighted by molar-refractivity contribution is -0.384. The molecule has 13 heteroatoms. The van der Waals surface area contributed by atoms with Crippen molar-refractivity contribution in [2.75, 3.05) is 34.0 Å². The van der Waals surface area contributed by atoms with Crippen LogP contribution in [-0.4, -0.2) is 91.8 Å². The minimum absolute atomic E-state index is 0.131. The molecular weight excluding hydrogens is 422 g/mol. The molecule has 1 heterocycles. The summed E-state index contributed by atoms with van der Waals surface area (Å²) in [6.07, 6.45) is -6.47. The normalized spacial score (nSPS) is 25.5. The molecule has 13 nitrogen and oxygen atoms in total. The summed E-state index contributed by atoms with van der Waals surface area (Å²) in [6, 6.07) is 4.99. The van der Waals surface area contributed by atoms with Gasteiger partial charge < -0.3 is 38.6 Å². The second-order valence-corrected chi connectivity index (χ2v) is 6.29. The number of hydrogen-bond acceptors (Lipinski definition) is 12. The lowest BCUT2D eigenvalue weighted by Gasteiger charge is -2.43. The molecule has 31 heavy (non-hydrogen) atoms. The third-order valence-corrected chi connectivity index (χ3v) is 4.34. The zero-order chi connectivity index (χ0) is 23.0. The topological polar surface area (TPSA) is 173 Å². The Balaban J connectivity index is 2.19. The Kier molecular flexibility index (Phi) is 9.08. The Morgan fingerprint density at radius 2 is 1.61 bits per heavy atom. The summed E-state index contributed by atoms with van der Waals surface area (Å²) in [7, 11) is 2.30. The second kappa shape index (κ2) is 11.5. The summed E-state index contributed by atoms with van der Waals surface area (Å²) in [4.78, 5) is 33.1. The number of ether oxygens (including phenoxy) is 6. The standard InChI is InChI=1S/C18H23NO12/c1-26-13(21)8-28-16-12(7-20)31-18(15(23)17(16)29-9-14(22)27-2)30-11-5-3-10(4-6-11)19(24)25/h3-6,12,15-18,20,23H,7-9H2,1-2H3/t12-,15-,16+,17-,18-/m1/s1. The maximum Gasteiger partial charge on any atom is 0.331 e. The zero-order valence-electron chi connectivity index (χ0n) is 16.7. The minimum Gasteiger partial charge on any atom is -0.467 e. The summed E-state index contributed by atoms with van der Waals surface area (Å²) in [5.74, 6) is -1.33. The Morgan fingerprint density at radius 3 is 2.10 bits per heavy atom. The fraction of sp³-hybridized carbons (Fsp3) is 0.556. The van der Waals surface area contributed by atoms with E-state index in [2.05, 4.69) is 9.47 Å². The van der Waals surface area contributed by atoms with Crippen LogP contribution in [0, 0.1) is 10.1 Å². The van der Waals surface area contributed by atoms with Gasteiger partial charge in [0.1, 0.15) is 43.4 Å². The molecule has 1 aliphatic heterocycles. The van der Waals surface area contributed by atoms with Gasteiger partial charge in [0.2, 0.25) is 6.29 Å². The molecule has 0 radical (unpaired) electrons. The van der Waals surface area contributed by atoms with Crippen molar-refractivity contribution >= 4 is 17.6 Å². The number of carbonyl (C=O) groups is 2. The summed E-state index contributed by atoms with van der Waals surface area (Å²) in [5.41, 5.74) is -0.166. The minimum atomic E-state index is -1.54. The van der Waals surface area contributed by atoms with Gasteiger partial charge in [-0.15, -0.1) is 0 Å². The number of nitro groups is 1. The average Bonchev–Trinajstić information content (AvgIpc) is 2.78. The quantitative estimate of drug-likeness (QED) is 0.260. The molecule has 172 valence electrons. The third kappa shape index (κ3) is 6.57. The molecular formula is C18H23NO12. The van der Waals surface area contributed by atoms with Crippen molar-refractivity contribution in [2.24, 2.45) is 0 Å². The number of nitro benzene ring substituents is 1. The van der Waals surface area contributed by atoms with Crippen LogP contribution < -0.4 is 4.74 Å². The van der Waals surface area contributed by atoms with Gasteiger partial charge in [0.15, 0.2) is 0 Å². The van der Waals surface area contributed by atoms with Gasteiger partial charge in [-0.05, 0) is 12.1 Å². The van der Waals surface area contributed by atoms with E-state index in [0.717, 1.165) is 14.2 Å². The van der Waals surface area contributed by atoms with Crippen molar-refractivity contribution in [3.63, 3.8) is 0 Å². The Labute approximate surface area is 176 Å². The van der Waals surface area contributed by atoms with Gasteiger partial charge >= 0.3 is 11.9 Å². The highest BCUT2D eigenvalue weighted by atomic mass is 16.7. The van der Waals surface area contributed by atoms with Crippen LogP contribution in [0.15, 0.2) is 24.3 Å². The first-order valence-corrected chi connectivity index (χ1v) is 9.03. The van der Waals surface area contributed by atoms with E-state index in [0.29, 0.717) is 0 Å². The summed E-state index contributed by atoms with van der Waals surface area (Å²) < 4.78 is 30.9. The number of non-ortho nitro benzene ring substituents is 1. The van der Waals surface area contributed by atoms with Gasteiger partial charge in [-0.3, -0.25) is 10.1 Å². The summed E-state index contributed by atoms with van der Waals surface area (Å²) >= 11 is 0. The summed E-state index contributed by atoms with van der Waals surface area (Å²) in [5, 5.41) is 31.2. The van der Waals surface area contributed by atoms with Crippen molar-refractivity contribution in [1.29, 1.82) is 0 Å². The molecule has 0 saturated carbocycles. The van der Waals surface area contributed by atoms with E-state index in [1.165, 1.54) is 24.3 Å². The van der Waals surface area contributed by atoms with Crippen molar-refractivity contribution in [1.82, 2.24) is 0 Å². The van der Waals surface area contributed by atoms with Crippen molar-refractivity contribution < 1.29 is 53.1 Å². The lowest BCUT2D eigenvalue weighted by Crippen LogP contribution is -2.62. The molecule has 0 bridgehead atoms. The van der Waals surface area contributed by atoms with E-state index in [-0.39, 0.29) is 11.4 Å². The van der Waals surface area contributed by atoms with Crippen molar-refractivity contribution in [3.8, 4) is 5.75 Å². The maximum absolute atomic E-state index is 11.5. The van der Waals surface area contributed by atoms with Gasteiger partial charge in [0.05, 0.1) is 25.7 Å². The Bertz CT molecular complexity index is 754. The van der Waals surface area contributed by atoms with E-state index in [9.17, 15) is 29.9 Å². The molecule has 1 aliphatic rings. The SMILES string of the molecule is COC(=O)CO[C@@H]1[C@@H](O)[C@H](Oc2ccc([N+](=O)[O-])cc2)O[C@H](CO)[C@@H]1OCC(=O)OC. The number of benzene rings is 1. The van der Waals surface area contributed by atoms with Gasteiger partial charge in [-0.2, -0.15) is 0 Å². The Morgan fingerprint density at radius 1 is 1.06 bits per heavy atom. The molecule has 0 spiro atoms. The first-order valence-electron chi connectivity index (χ1n) is 9.03. The van der Waals surface area contributed by atoms with Crippen LogP contribution in [0.4, 0.5) is 5.69 Å². The smallest absolute Gasteiger partial charge is 0.331 e. The molecule has 0 aliphatic carbocycles. The van der Waals surface area contributed by atoms with Gasteiger partial charge in [-0.25, -0.2) is 9.59 Å².